The van der Waals surface area contributed by atoms with Gasteiger partial charge in [0.15, 0.2) is 23.7 Å². The first-order valence-electron chi connectivity index (χ1n) is 15.4. The van der Waals surface area contributed by atoms with E-state index in [1.807, 2.05) is 0 Å². The minimum absolute atomic E-state index is 0.0153. The Labute approximate surface area is 313 Å². The first kappa shape index (κ1) is 46.4. The molecule has 0 bridgehead atoms. The lowest BCUT2D eigenvalue weighted by Gasteiger charge is -2.30. The number of carbonyl (C=O) groups excluding carboxylic acids is 3. The maximum atomic E-state index is 12.6. The van der Waals surface area contributed by atoms with Crippen LogP contribution in [-0.2, 0) is 55.5 Å². The van der Waals surface area contributed by atoms with Crippen molar-refractivity contribution in [3.8, 4) is 0 Å². The number of nitrogen functional groups attached to an aromatic ring is 1. The standard InChI is InChI=1S/C24H39N8O19P3S/c1-24(2,17(35)20(36)28-4-3-12(33)27-5-6-55-23(39)13(25)22(37)38)8-48-54(45,46)51-53(43,44)47-7-11-16(50-52(40,41)42)15(34)21(49-11)32-10-31-14-18(26)29-9-30-19(14)32/h9-11,13,15-17,21,34-35H,3-8,25H2,1-2H3,(H,27,33)(H,28,36)(H,37,38)(H,43,44)(H,45,46)(H2,26,29,30)(H2,40,41,42). The number of phosphoric ester groups is 3. The van der Waals surface area contributed by atoms with E-state index in [1.54, 1.807) is 0 Å². The zero-order chi connectivity index (χ0) is 41.5. The zero-order valence-electron chi connectivity index (χ0n) is 28.6. The van der Waals surface area contributed by atoms with E-state index in [1.165, 1.54) is 13.8 Å². The average molecular weight is 869 g/mol. The summed E-state index contributed by atoms with van der Waals surface area (Å²) in [4.78, 5) is 97.5. The van der Waals surface area contributed by atoms with Gasteiger partial charge in [0.25, 0.3) is 0 Å². The Morgan fingerprint density at radius 1 is 1.05 bits per heavy atom. The van der Waals surface area contributed by atoms with E-state index in [2.05, 4.69) is 34.4 Å². The Balaban J connectivity index is 1.50. The number of anilines is 1. The monoisotopic (exact) mass is 868 g/mol. The van der Waals surface area contributed by atoms with Crippen LogP contribution < -0.4 is 22.1 Å². The largest absolute Gasteiger partial charge is 0.481 e. The van der Waals surface area contributed by atoms with Crippen molar-refractivity contribution in [3.63, 3.8) is 0 Å². The normalized spacial score (nSPS) is 22.3. The van der Waals surface area contributed by atoms with Crippen molar-refractivity contribution in [3.05, 3.63) is 12.7 Å². The number of rotatable bonds is 21. The maximum absolute atomic E-state index is 12.6. The Hall–Kier alpha value is -3.01. The van der Waals surface area contributed by atoms with Crippen molar-refractivity contribution < 1.29 is 90.4 Å². The number of hydrogen-bond donors (Lipinski definition) is 11. The van der Waals surface area contributed by atoms with Crippen molar-refractivity contribution in [2.24, 2.45) is 11.1 Å². The van der Waals surface area contributed by atoms with Gasteiger partial charge in [-0.25, -0.2) is 28.6 Å². The first-order chi connectivity index (χ1) is 25.3. The molecule has 1 saturated heterocycles. The highest BCUT2D eigenvalue weighted by atomic mass is 32.2. The number of fused-ring (bicyclic) bond motifs is 1. The van der Waals surface area contributed by atoms with Gasteiger partial charge in [-0.05, 0) is 0 Å². The van der Waals surface area contributed by atoms with Crippen LogP contribution in [0.4, 0.5) is 5.82 Å². The highest BCUT2D eigenvalue weighted by molar-refractivity contribution is 8.13. The van der Waals surface area contributed by atoms with E-state index in [9.17, 15) is 62.7 Å². The number of thioether (sulfide) groups is 1. The molecule has 3 rings (SSSR count). The van der Waals surface area contributed by atoms with Gasteiger partial charge in [0, 0.05) is 30.7 Å². The second kappa shape index (κ2) is 19.0. The van der Waals surface area contributed by atoms with E-state index < -0.39 is 102 Å². The number of nitrogens with one attached hydrogen (secondary N) is 2. The molecule has 0 saturated carbocycles. The summed E-state index contributed by atoms with van der Waals surface area (Å²) in [6.07, 6.45) is -7.18. The summed E-state index contributed by atoms with van der Waals surface area (Å²) < 4.78 is 61.8. The maximum Gasteiger partial charge on any atom is 0.481 e. The Kier molecular flexibility index (Phi) is 16.0. The fourth-order valence-corrected chi connectivity index (χ4v) is 7.99. The van der Waals surface area contributed by atoms with E-state index in [-0.39, 0.29) is 42.2 Å². The third-order valence-electron chi connectivity index (χ3n) is 7.27. The predicted molar refractivity (Wildman–Crippen MR) is 183 cm³/mol. The summed E-state index contributed by atoms with van der Waals surface area (Å²) in [7, 11) is -16.5. The minimum atomic E-state index is -5.59. The van der Waals surface area contributed by atoms with Crippen LogP contribution in [0.25, 0.3) is 11.2 Å². The number of aliphatic hydroxyl groups is 2. The van der Waals surface area contributed by atoms with E-state index >= 15 is 0 Å². The zero-order valence-corrected chi connectivity index (χ0v) is 32.1. The Morgan fingerprint density at radius 3 is 2.35 bits per heavy atom. The van der Waals surface area contributed by atoms with Crippen molar-refractivity contribution >= 4 is 75.1 Å². The van der Waals surface area contributed by atoms with Gasteiger partial charge in [0.2, 0.25) is 16.9 Å². The number of carbonyl (C=O) groups is 4. The molecule has 2 amide bonds. The van der Waals surface area contributed by atoms with E-state index in [4.69, 9.17) is 30.4 Å². The number of aromatic nitrogens is 4. The van der Waals surface area contributed by atoms with Crippen molar-refractivity contribution in [1.82, 2.24) is 30.2 Å². The SMILES string of the molecule is CC(C)(COP(=O)(O)OP(=O)(O)OCC1OC(n2cnc3c(N)ncnc32)C(O)C1OP(=O)(O)O)C(O)C(=O)NCCC(=O)NCCSC(=O)C(N)C(=O)O. The summed E-state index contributed by atoms with van der Waals surface area (Å²) in [6, 6.07) is -1.71. The lowest BCUT2D eigenvalue weighted by Crippen LogP contribution is -2.46. The van der Waals surface area contributed by atoms with Crippen LogP contribution >= 0.6 is 35.2 Å². The fraction of sp³-hybridized carbons (Fsp3) is 0.625. The van der Waals surface area contributed by atoms with E-state index in [0.29, 0.717) is 11.8 Å². The quantitative estimate of drug-likeness (QED) is 0.0340. The highest BCUT2D eigenvalue weighted by Gasteiger charge is 2.50. The number of phosphoric acid groups is 3. The number of imidazole rings is 1. The molecular weight excluding hydrogens is 829 g/mol. The molecule has 1 fully saturated rings. The predicted octanol–water partition coefficient (Wildman–Crippen LogP) is -2.92. The van der Waals surface area contributed by atoms with Crippen LogP contribution in [0.1, 0.15) is 26.5 Å². The van der Waals surface area contributed by atoms with Gasteiger partial charge in [-0.1, -0.05) is 25.6 Å². The summed E-state index contributed by atoms with van der Waals surface area (Å²) in [5, 5.41) is 33.9. The first-order valence-corrected chi connectivity index (χ1v) is 20.9. The number of aliphatic hydroxyl groups excluding tert-OH is 2. The van der Waals surface area contributed by atoms with Crippen LogP contribution in [0.2, 0.25) is 0 Å². The number of hydrogen-bond acceptors (Lipinski definition) is 20. The molecule has 1 aliphatic rings. The fourth-order valence-electron chi connectivity index (χ4n) is 4.47. The third-order valence-corrected chi connectivity index (χ3v) is 11.3. The molecule has 2 aromatic heterocycles. The van der Waals surface area contributed by atoms with Crippen LogP contribution in [0.5, 0.6) is 0 Å². The molecule has 2 aromatic rings. The van der Waals surface area contributed by atoms with Gasteiger partial charge in [-0.3, -0.25) is 37.3 Å². The van der Waals surface area contributed by atoms with Gasteiger partial charge in [-0.2, -0.15) is 4.31 Å². The number of carboxylic acid groups (broad SMARTS) is 1. The van der Waals surface area contributed by atoms with Crippen LogP contribution in [0.15, 0.2) is 12.7 Å². The summed E-state index contributed by atoms with van der Waals surface area (Å²) >= 11 is 0.601. The molecule has 0 radical (unpaired) electrons. The van der Waals surface area contributed by atoms with Gasteiger partial charge < -0.3 is 61.7 Å². The number of ether oxygens (including phenoxy) is 1. The van der Waals surface area contributed by atoms with Crippen LogP contribution in [0, 0.1) is 5.41 Å². The summed E-state index contributed by atoms with van der Waals surface area (Å²) in [6.45, 7) is 0.0146. The lowest BCUT2D eigenvalue weighted by atomic mass is 9.87. The lowest BCUT2D eigenvalue weighted by molar-refractivity contribution is -0.140. The molecule has 1 aliphatic heterocycles. The molecule has 310 valence electrons. The smallest absolute Gasteiger partial charge is 0.480 e. The number of nitrogens with zero attached hydrogens (tertiary/aromatic N) is 4. The van der Waals surface area contributed by atoms with Crippen LogP contribution in [-0.4, -0.2) is 140 Å². The minimum Gasteiger partial charge on any atom is -0.480 e. The van der Waals surface area contributed by atoms with Crippen LogP contribution in [0.3, 0.4) is 0 Å². The number of amides is 2. The molecule has 55 heavy (non-hydrogen) atoms. The molecular formula is C24H39N8O19P3S. The Bertz CT molecular complexity index is 1860. The molecule has 8 unspecified atom stereocenters. The van der Waals surface area contributed by atoms with Crippen molar-refractivity contribution in [2.75, 3.05) is 37.8 Å². The molecule has 0 aliphatic carbocycles. The molecule has 0 spiro atoms. The van der Waals surface area contributed by atoms with Gasteiger partial charge in [0.05, 0.1) is 19.5 Å². The third kappa shape index (κ3) is 13.6. The molecule has 3 heterocycles. The average Bonchev–Trinajstić information content (AvgIpc) is 3.64. The summed E-state index contributed by atoms with van der Waals surface area (Å²) in [5.74, 6) is -3.15. The highest BCUT2D eigenvalue weighted by Crippen LogP contribution is 2.61. The second-order valence-electron chi connectivity index (χ2n) is 12.1. The molecule has 27 nitrogen and oxygen atoms in total. The molecule has 13 N–H and O–H groups in total. The van der Waals surface area contributed by atoms with Crippen molar-refractivity contribution in [1.29, 1.82) is 0 Å². The number of nitrogens with two attached hydrogens (primary N) is 2. The summed E-state index contributed by atoms with van der Waals surface area (Å²) in [5.41, 5.74) is 9.34. The van der Waals surface area contributed by atoms with Gasteiger partial charge >= 0.3 is 29.4 Å². The van der Waals surface area contributed by atoms with Gasteiger partial charge in [0.1, 0.15) is 36.3 Å². The van der Waals surface area contributed by atoms with Crippen molar-refractivity contribution in [2.45, 2.75) is 57.0 Å². The second-order valence-corrected chi connectivity index (χ2v) is 17.4. The number of aliphatic carboxylic acids is 1. The van der Waals surface area contributed by atoms with E-state index in [0.717, 1.165) is 17.2 Å². The Morgan fingerprint density at radius 2 is 1.71 bits per heavy atom. The molecule has 31 heteroatoms. The van der Waals surface area contributed by atoms with Gasteiger partial charge in [-0.15, -0.1) is 0 Å². The topological polar surface area (TPSA) is 427 Å². The molecule has 0 aromatic carbocycles. The number of carboxylic acids is 1. The molecule has 8 atom stereocenters.